The minimum atomic E-state index is -0.0528. The molecule has 138 valence electrons. The van der Waals surface area contributed by atoms with Crippen LogP contribution in [0.3, 0.4) is 0 Å². The molecule has 26 heavy (non-hydrogen) atoms. The van der Waals surface area contributed by atoms with Gasteiger partial charge in [0.2, 0.25) is 0 Å². The number of hydrogen-bond donors (Lipinski definition) is 1. The molecule has 1 aromatic carbocycles. The SMILES string of the molecule is CC(C)(CNC(=O)c1ccc(Oc2cccnc2)cc1)N1CCCCC1. The number of ether oxygens (including phenoxy) is 1. The molecule has 3 rings (SSSR count). The lowest BCUT2D eigenvalue weighted by Crippen LogP contribution is -2.53. The molecule has 1 aliphatic heterocycles. The van der Waals surface area contributed by atoms with E-state index in [4.69, 9.17) is 4.74 Å². The van der Waals surface area contributed by atoms with Crippen LogP contribution in [0.1, 0.15) is 43.5 Å². The molecular weight excluding hydrogens is 326 g/mol. The summed E-state index contributed by atoms with van der Waals surface area (Å²) in [6.45, 7) is 7.26. The van der Waals surface area contributed by atoms with E-state index >= 15 is 0 Å². The molecule has 2 aromatic rings. The Morgan fingerprint density at radius 2 is 1.85 bits per heavy atom. The van der Waals surface area contributed by atoms with Crippen molar-refractivity contribution in [1.82, 2.24) is 15.2 Å². The molecule has 1 fully saturated rings. The number of likely N-dealkylation sites (tertiary alicyclic amines) is 1. The van der Waals surface area contributed by atoms with Gasteiger partial charge in [-0.2, -0.15) is 0 Å². The van der Waals surface area contributed by atoms with E-state index < -0.39 is 0 Å². The number of nitrogens with one attached hydrogen (secondary N) is 1. The van der Waals surface area contributed by atoms with Gasteiger partial charge in [-0.15, -0.1) is 0 Å². The molecule has 2 heterocycles. The molecule has 0 atom stereocenters. The number of pyridine rings is 1. The van der Waals surface area contributed by atoms with Crippen molar-refractivity contribution < 1.29 is 9.53 Å². The second kappa shape index (κ2) is 8.32. The molecule has 0 unspecified atom stereocenters. The summed E-state index contributed by atoms with van der Waals surface area (Å²) in [5.74, 6) is 1.30. The predicted octanol–water partition coefficient (Wildman–Crippen LogP) is 3.87. The van der Waals surface area contributed by atoms with Gasteiger partial charge in [0.25, 0.3) is 5.91 Å². The molecule has 5 nitrogen and oxygen atoms in total. The maximum absolute atomic E-state index is 12.5. The van der Waals surface area contributed by atoms with E-state index in [0.717, 1.165) is 13.1 Å². The summed E-state index contributed by atoms with van der Waals surface area (Å²) >= 11 is 0. The Bertz CT molecular complexity index is 708. The van der Waals surface area contributed by atoms with Gasteiger partial charge in [-0.1, -0.05) is 6.42 Å². The largest absolute Gasteiger partial charge is 0.456 e. The Morgan fingerprint density at radius 1 is 1.12 bits per heavy atom. The van der Waals surface area contributed by atoms with E-state index in [2.05, 4.69) is 29.0 Å². The highest BCUT2D eigenvalue weighted by atomic mass is 16.5. The normalized spacial score (nSPS) is 15.5. The van der Waals surface area contributed by atoms with Crippen molar-refractivity contribution in [3.8, 4) is 11.5 Å². The van der Waals surface area contributed by atoms with Crippen LogP contribution < -0.4 is 10.1 Å². The lowest BCUT2D eigenvalue weighted by molar-refractivity contribution is 0.0797. The number of aromatic nitrogens is 1. The highest BCUT2D eigenvalue weighted by Gasteiger charge is 2.28. The van der Waals surface area contributed by atoms with Crippen LogP contribution in [0.5, 0.6) is 11.5 Å². The standard InChI is InChI=1S/C21H27N3O2/c1-21(2,24-13-4-3-5-14-24)16-23-20(25)17-8-10-18(11-9-17)26-19-7-6-12-22-15-19/h6-12,15H,3-5,13-14,16H2,1-2H3,(H,23,25). The van der Waals surface area contributed by atoms with Gasteiger partial charge < -0.3 is 10.1 Å². The van der Waals surface area contributed by atoms with Crippen molar-refractivity contribution in [3.63, 3.8) is 0 Å². The first-order valence-corrected chi connectivity index (χ1v) is 9.26. The summed E-state index contributed by atoms with van der Waals surface area (Å²) in [6.07, 6.45) is 7.16. The number of benzene rings is 1. The zero-order chi connectivity index (χ0) is 18.4. The number of hydrogen-bond acceptors (Lipinski definition) is 4. The first-order valence-electron chi connectivity index (χ1n) is 9.26. The molecule has 0 aliphatic carbocycles. The Hall–Kier alpha value is -2.40. The van der Waals surface area contributed by atoms with Gasteiger partial charge in [-0.25, -0.2) is 0 Å². The second-order valence-electron chi connectivity index (χ2n) is 7.36. The van der Waals surface area contributed by atoms with Crippen molar-refractivity contribution in [3.05, 3.63) is 54.4 Å². The van der Waals surface area contributed by atoms with E-state index in [1.165, 1.54) is 19.3 Å². The first kappa shape index (κ1) is 18.4. The van der Waals surface area contributed by atoms with Gasteiger partial charge in [0.1, 0.15) is 11.5 Å². The topological polar surface area (TPSA) is 54.5 Å². The average Bonchev–Trinajstić information content (AvgIpc) is 2.68. The number of carbonyl (C=O) groups is 1. The van der Waals surface area contributed by atoms with E-state index in [1.54, 1.807) is 36.7 Å². The van der Waals surface area contributed by atoms with E-state index in [1.807, 2.05) is 12.1 Å². The average molecular weight is 353 g/mol. The fourth-order valence-corrected chi connectivity index (χ4v) is 3.23. The number of rotatable bonds is 6. The van der Waals surface area contributed by atoms with Crippen LogP contribution in [-0.4, -0.2) is 41.0 Å². The van der Waals surface area contributed by atoms with E-state index in [9.17, 15) is 4.79 Å². The zero-order valence-corrected chi connectivity index (χ0v) is 15.6. The Labute approximate surface area is 155 Å². The van der Waals surface area contributed by atoms with Crippen molar-refractivity contribution in [2.45, 2.75) is 38.6 Å². The van der Waals surface area contributed by atoms with Crippen molar-refractivity contribution in [2.75, 3.05) is 19.6 Å². The van der Waals surface area contributed by atoms with Crippen LogP contribution in [0.25, 0.3) is 0 Å². The second-order valence-corrected chi connectivity index (χ2v) is 7.36. The monoisotopic (exact) mass is 353 g/mol. The summed E-state index contributed by atoms with van der Waals surface area (Å²) in [6, 6.07) is 10.8. The molecule has 1 aromatic heterocycles. The Kier molecular flexibility index (Phi) is 5.89. The molecule has 0 bridgehead atoms. The van der Waals surface area contributed by atoms with E-state index in [-0.39, 0.29) is 11.4 Å². The molecule has 5 heteroatoms. The van der Waals surface area contributed by atoms with Crippen LogP contribution in [0.15, 0.2) is 48.8 Å². The smallest absolute Gasteiger partial charge is 0.251 e. The highest BCUT2D eigenvalue weighted by Crippen LogP contribution is 2.21. The van der Waals surface area contributed by atoms with Crippen LogP contribution in [0, 0.1) is 0 Å². The van der Waals surface area contributed by atoms with Crippen LogP contribution in [-0.2, 0) is 0 Å². The third kappa shape index (κ3) is 4.82. The lowest BCUT2D eigenvalue weighted by Gasteiger charge is -2.41. The molecule has 1 saturated heterocycles. The van der Waals surface area contributed by atoms with Gasteiger partial charge >= 0.3 is 0 Å². The number of piperidine rings is 1. The predicted molar refractivity (Wildman–Crippen MR) is 103 cm³/mol. The first-order chi connectivity index (χ1) is 12.5. The molecule has 1 amide bonds. The quantitative estimate of drug-likeness (QED) is 0.856. The summed E-state index contributed by atoms with van der Waals surface area (Å²) in [5, 5.41) is 3.07. The zero-order valence-electron chi connectivity index (χ0n) is 15.6. The third-order valence-corrected chi connectivity index (χ3v) is 4.88. The molecule has 0 radical (unpaired) electrons. The lowest BCUT2D eigenvalue weighted by atomic mass is 9.98. The highest BCUT2D eigenvalue weighted by molar-refractivity contribution is 5.94. The molecule has 0 saturated carbocycles. The molecule has 0 spiro atoms. The van der Waals surface area contributed by atoms with Gasteiger partial charge in [0, 0.05) is 23.8 Å². The van der Waals surface area contributed by atoms with Gasteiger partial charge in [-0.3, -0.25) is 14.7 Å². The number of carbonyl (C=O) groups excluding carboxylic acids is 1. The van der Waals surface area contributed by atoms with Gasteiger partial charge in [-0.05, 0) is 76.2 Å². The fourth-order valence-electron chi connectivity index (χ4n) is 3.23. The Balaban J connectivity index is 1.54. The van der Waals surface area contributed by atoms with E-state index in [0.29, 0.717) is 23.6 Å². The number of nitrogens with zero attached hydrogens (tertiary/aromatic N) is 2. The minimum Gasteiger partial charge on any atom is -0.456 e. The summed E-state index contributed by atoms with van der Waals surface area (Å²) in [4.78, 5) is 19.0. The Morgan fingerprint density at radius 3 is 2.50 bits per heavy atom. The molecule has 1 N–H and O–H groups in total. The maximum atomic E-state index is 12.5. The van der Waals surface area contributed by atoms with Crippen LogP contribution in [0.4, 0.5) is 0 Å². The van der Waals surface area contributed by atoms with Crippen molar-refractivity contribution in [1.29, 1.82) is 0 Å². The molecule has 1 aliphatic rings. The van der Waals surface area contributed by atoms with Crippen molar-refractivity contribution in [2.24, 2.45) is 0 Å². The summed E-state index contributed by atoms with van der Waals surface area (Å²) in [7, 11) is 0. The summed E-state index contributed by atoms with van der Waals surface area (Å²) < 4.78 is 5.71. The van der Waals surface area contributed by atoms with Crippen LogP contribution in [0.2, 0.25) is 0 Å². The van der Waals surface area contributed by atoms with Crippen molar-refractivity contribution >= 4 is 5.91 Å². The van der Waals surface area contributed by atoms with Crippen LogP contribution >= 0.6 is 0 Å². The molecular formula is C21H27N3O2. The maximum Gasteiger partial charge on any atom is 0.251 e. The summed E-state index contributed by atoms with van der Waals surface area (Å²) in [5.41, 5.74) is 0.609. The fraction of sp³-hybridized carbons (Fsp3) is 0.429. The van der Waals surface area contributed by atoms with Gasteiger partial charge in [0.15, 0.2) is 0 Å². The third-order valence-electron chi connectivity index (χ3n) is 4.88. The van der Waals surface area contributed by atoms with Gasteiger partial charge in [0.05, 0.1) is 6.20 Å². The minimum absolute atomic E-state index is 0.0283. The number of amides is 1.